The van der Waals surface area contributed by atoms with E-state index in [2.05, 4.69) is 52.8 Å². The third-order valence-corrected chi connectivity index (χ3v) is 5.87. The third kappa shape index (κ3) is 8.94. The van der Waals surface area contributed by atoms with Crippen LogP contribution in [0.25, 0.3) is 0 Å². The molecule has 0 aromatic heterocycles. The number of hydrogen-bond acceptors (Lipinski definition) is 3. The molecule has 5 nitrogen and oxygen atoms in total. The summed E-state index contributed by atoms with van der Waals surface area (Å²) < 4.78 is 0. The smallest absolute Gasteiger partial charge is 0.191 e. The molecule has 3 rings (SSSR count). The molecule has 1 heterocycles. The van der Waals surface area contributed by atoms with Gasteiger partial charge in [-0.3, -0.25) is 4.90 Å². The number of aliphatic hydroxyl groups excluding tert-OH is 1. The highest BCUT2D eigenvalue weighted by Gasteiger charge is 2.16. The normalized spacial score (nSPS) is 18.5. The number of rotatable bonds is 8. The zero-order valence-electron chi connectivity index (χ0n) is 18.4. The number of piperidine rings is 1. The monoisotopic (exact) mass is 526 g/mol. The number of benzene rings is 1. The van der Waals surface area contributed by atoms with Gasteiger partial charge >= 0.3 is 0 Å². The minimum absolute atomic E-state index is 0. The minimum atomic E-state index is -0.106. The molecule has 1 aliphatic carbocycles. The Hall–Kier alpha value is -1.12. The van der Waals surface area contributed by atoms with E-state index in [1.54, 1.807) is 5.57 Å². The highest BCUT2D eigenvalue weighted by Crippen LogP contribution is 2.19. The summed E-state index contributed by atoms with van der Waals surface area (Å²) in [6.07, 6.45) is 10.4. The fourth-order valence-electron chi connectivity index (χ4n) is 4.07. The van der Waals surface area contributed by atoms with Crippen LogP contribution >= 0.6 is 24.0 Å². The van der Waals surface area contributed by atoms with Crippen LogP contribution in [0.3, 0.4) is 0 Å². The van der Waals surface area contributed by atoms with Crippen molar-refractivity contribution in [2.45, 2.75) is 71.1 Å². The molecule has 1 saturated heterocycles. The summed E-state index contributed by atoms with van der Waals surface area (Å²) >= 11 is 0. The number of nitrogens with one attached hydrogen (secondary N) is 2. The largest absolute Gasteiger partial charge is 0.393 e. The molecule has 1 aromatic rings. The molecule has 0 atom stereocenters. The maximum atomic E-state index is 9.64. The number of nitrogens with zero attached hydrogens (tertiary/aromatic N) is 2. The molecule has 0 unspecified atom stereocenters. The lowest BCUT2D eigenvalue weighted by Gasteiger charge is -2.29. The fraction of sp³-hybridized carbons (Fsp3) is 0.625. The molecule has 0 spiro atoms. The average Bonchev–Trinajstić information content (AvgIpc) is 2.75. The van der Waals surface area contributed by atoms with Crippen LogP contribution in [0.4, 0.5) is 0 Å². The predicted octanol–water partition coefficient (Wildman–Crippen LogP) is 4.21. The van der Waals surface area contributed by atoms with E-state index in [0.717, 1.165) is 57.9 Å². The summed E-state index contributed by atoms with van der Waals surface area (Å²) in [6.45, 7) is 7.56. The van der Waals surface area contributed by atoms with Gasteiger partial charge < -0.3 is 15.7 Å². The molecule has 1 aromatic carbocycles. The first-order valence-electron chi connectivity index (χ1n) is 11.4. The molecule has 0 saturated carbocycles. The van der Waals surface area contributed by atoms with E-state index < -0.39 is 0 Å². The second-order valence-corrected chi connectivity index (χ2v) is 8.30. The Bertz CT molecular complexity index is 666. The van der Waals surface area contributed by atoms with E-state index >= 15 is 0 Å². The number of hydrogen-bond donors (Lipinski definition) is 3. The quantitative estimate of drug-likeness (QED) is 0.206. The highest BCUT2D eigenvalue weighted by molar-refractivity contribution is 14.0. The van der Waals surface area contributed by atoms with Gasteiger partial charge in [0.25, 0.3) is 0 Å². The molecule has 1 aliphatic heterocycles. The van der Waals surface area contributed by atoms with Gasteiger partial charge in [0.1, 0.15) is 0 Å². The summed E-state index contributed by atoms with van der Waals surface area (Å²) in [5.41, 5.74) is 4.16. The van der Waals surface area contributed by atoms with E-state index in [9.17, 15) is 5.11 Å². The number of aliphatic hydroxyl groups is 1. The van der Waals surface area contributed by atoms with Gasteiger partial charge in [-0.05, 0) is 63.0 Å². The summed E-state index contributed by atoms with van der Waals surface area (Å²) in [4.78, 5) is 7.18. The summed E-state index contributed by atoms with van der Waals surface area (Å²) in [5, 5.41) is 16.5. The van der Waals surface area contributed by atoms with Crippen LogP contribution in [0.1, 0.15) is 63.0 Å². The van der Waals surface area contributed by atoms with Crippen molar-refractivity contribution in [3.8, 4) is 0 Å². The molecular formula is C24H39IN4O. The number of aliphatic imine (C=N–C) groups is 1. The van der Waals surface area contributed by atoms with Crippen molar-refractivity contribution in [1.29, 1.82) is 0 Å². The lowest BCUT2D eigenvalue weighted by atomic mass is 9.97. The Morgan fingerprint density at radius 3 is 2.50 bits per heavy atom. The zero-order chi connectivity index (χ0) is 20.3. The van der Waals surface area contributed by atoms with Crippen molar-refractivity contribution in [3.05, 3.63) is 47.0 Å². The zero-order valence-corrected chi connectivity index (χ0v) is 20.7. The number of guanidine groups is 1. The molecule has 0 bridgehead atoms. The molecule has 30 heavy (non-hydrogen) atoms. The summed E-state index contributed by atoms with van der Waals surface area (Å²) in [5.74, 6) is 0.903. The Morgan fingerprint density at radius 1 is 1.10 bits per heavy atom. The van der Waals surface area contributed by atoms with Crippen LogP contribution in [-0.4, -0.2) is 48.2 Å². The Morgan fingerprint density at radius 2 is 1.83 bits per heavy atom. The first-order chi connectivity index (χ1) is 14.2. The molecule has 3 N–H and O–H groups in total. The second kappa shape index (κ2) is 14.0. The molecule has 168 valence electrons. The fourth-order valence-corrected chi connectivity index (χ4v) is 4.07. The Kier molecular flexibility index (Phi) is 11.8. The van der Waals surface area contributed by atoms with Gasteiger partial charge in [-0.1, -0.05) is 35.9 Å². The van der Waals surface area contributed by atoms with Gasteiger partial charge in [-0.25, -0.2) is 4.99 Å². The van der Waals surface area contributed by atoms with Gasteiger partial charge in [0.05, 0.1) is 12.6 Å². The molecule has 0 radical (unpaired) electrons. The van der Waals surface area contributed by atoms with Crippen LogP contribution in [-0.2, 0) is 13.1 Å². The van der Waals surface area contributed by atoms with Gasteiger partial charge in [0.15, 0.2) is 5.96 Å². The van der Waals surface area contributed by atoms with Crippen LogP contribution in [0, 0.1) is 0 Å². The van der Waals surface area contributed by atoms with Crippen molar-refractivity contribution in [2.24, 2.45) is 4.99 Å². The Labute approximate surface area is 199 Å². The molecule has 0 amide bonds. The van der Waals surface area contributed by atoms with Gasteiger partial charge in [-0.2, -0.15) is 0 Å². The number of allylic oxidation sites excluding steroid dienone is 1. The Balaban J connectivity index is 0.00000320. The lowest BCUT2D eigenvalue weighted by molar-refractivity contribution is 0.0792. The first kappa shape index (κ1) is 25.1. The summed E-state index contributed by atoms with van der Waals surface area (Å²) in [6, 6.07) is 8.81. The maximum absolute atomic E-state index is 9.64. The van der Waals surface area contributed by atoms with Crippen molar-refractivity contribution in [3.63, 3.8) is 0 Å². The number of likely N-dealkylation sites (tertiary alicyclic amines) is 1. The van der Waals surface area contributed by atoms with E-state index in [-0.39, 0.29) is 30.1 Å². The van der Waals surface area contributed by atoms with E-state index in [0.29, 0.717) is 6.54 Å². The number of halogens is 1. The SMILES string of the molecule is CCNC(=NCc1ccc(CN2CCC(O)CC2)cc1)NCCC1=CCCCC1.I. The topological polar surface area (TPSA) is 59.9 Å². The minimum Gasteiger partial charge on any atom is -0.393 e. The summed E-state index contributed by atoms with van der Waals surface area (Å²) in [7, 11) is 0. The van der Waals surface area contributed by atoms with Crippen molar-refractivity contribution >= 4 is 29.9 Å². The molecule has 6 heteroatoms. The maximum Gasteiger partial charge on any atom is 0.191 e. The highest BCUT2D eigenvalue weighted by atomic mass is 127. The van der Waals surface area contributed by atoms with E-state index in [1.165, 1.54) is 36.8 Å². The van der Waals surface area contributed by atoms with Crippen molar-refractivity contribution in [1.82, 2.24) is 15.5 Å². The van der Waals surface area contributed by atoms with Crippen LogP contribution < -0.4 is 10.6 Å². The van der Waals surface area contributed by atoms with Crippen molar-refractivity contribution in [2.75, 3.05) is 26.2 Å². The lowest BCUT2D eigenvalue weighted by Crippen LogP contribution is -2.37. The van der Waals surface area contributed by atoms with E-state index in [4.69, 9.17) is 4.99 Å². The van der Waals surface area contributed by atoms with Crippen molar-refractivity contribution < 1.29 is 5.11 Å². The standard InChI is InChI=1S/C24H38N4O.HI/c1-2-25-24(26-15-12-20-6-4-3-5-7-20)27-18-21-8-10-22(11-9-21)19-28-16-13-23(29)14-17-28;/h6,8-11,23,29H,2-5,7,12-19H2,1H3,(H2,25,26,27);1H. The van der Waals surface area contributed by atoms with Gasteiger partial charge in [0.2, 0.25) is 0 Å². The first-order valence-corrected chi connectivity index (χ1v) is 11.4. The van der Waals surface area contributed by atoms with Gasteiger partial charge in [-0.15, -0.1) is 24.0 Å². The van der Waals surface area contributed by atoms with Crippen LogP contribution in [0.2, 0.25) is 0 Å². The van der Waals surface area contributed by atoms with Crippen LogP contribution in [0.5, 0.6) is 0 Å². The van der Waals surface area contributed by atoms with Crippen LogP contribution in [0.15, 0.2) is 40.9 Å². The second-order valence-electron chi connectivity index (χ2n) is 8.30. The molecule has 2 aliphatic rings. The third-order valence-electron chi connectivity index (χ3n) is 5.87. The average molecular weight is 527 g/mol. The predicted molar refractivity (Wildman–Crippen MR) is 136 cm³/mol. The molecular weight excluding hydrogens is 487 g/mol. The molecule has 1 fully saturated rings. The van der Waals surface area contributed by atoms with E-state index in [1.807, 2.05) is 0 Å². The van der Waals surface area contributed by atoms with Gasteiger partial charge in [0, 0.05) is 32.7 Å².